The molecule has 5 rings (SSSR count). The van der Waals surface area contributed by atoms with Crippen LogP contribution in [0.25, 0.3) is 22.5 Å². The fourth-order valence-electron chi connectivity index (χ4n) is 3.92. The summed E-state index contributed by atoms with van der Waals surface area (Å²) in [6, 6.07) is 17.2. The average molecular weight is 477 g/mol. The third-order valence-electron chi connectivity index (χ3n) is 5.68. The van der Waals surface area contributed by atoms with Crippen LogP contribution in [0.1, 0.15) is 5.69 Å². The number of nitrogens with zero attached hydrogens (tertiary/aromatic N) is 6. The van der Waals surface area contributed by atoms with Crippen molar-refractivity contribution >= 4 is 35.0 Å². The van der Waals surface area contributed by atoms with E-state index in [0.29, 0.717) is 10.0 Å². The zero-order chi connectivity index (χ0) is 22.8. The molecule has 166 valence electrons. The lowest BCUT2D eigenvalue weighted by Crippen LogP contribution is -2.47. The van der Waals surface area contributed by atoms with Gasteiger partial charge in [-0.3, -0.25) is 4.98 Å². The van der Waals surface area contributed by atoms with E-state index >= 15 is 0 Å². The van der Waals surface area contributed by atoms with Crippen molar-refractivity contribution in [1.29, 1.82) is 0 Å². The molecule has 1 saturated heterocycles. The van der Waals surface area contributed by atoms with Crippen LogP contribution in [0.15, 0.2) is 67.0 Å². The van der Waals surface area contributed by atoms with Gasteiger partial charge in [0.1, 0.15) is 11.5 Å². The van der Waals surface area contributed by atoms with Gasteiger partial charge in [-0.25, -0.2) is 15.0 Å². The monoisotopic (exact) mass is 476 g/mol. The Bertz CT molecular complexity index is 1270. The molecule has 4 aromatic rings. The van der Waals surface area contributed by atoms with Gasteiger partial charge in [0.25, 0.3) is 0 Å². The van der Waals surface area contributed by atoms with Crippen molar-refractivity contribution in [2.45, 2.75) is 6.92 Å². The van der Waals surface area contributed by atoms with E-state index in [2.05, 4.69) is 19.8 Å². The number of rotatable bonds is 4. The van der Waals surface area contributed by atoms with Crippen LogP contribution in [0, 0.1) is 6.92 Å². The van der Waals surface area contributed by atoms with Crippen molar-refractivity contribution < 1.29 is 0 Å². The first-order valence-electron chi connectivity index (χ1n) is 10.8. The lowest BCUT2D eigenvalue weighted by Gasteiger charge is -2.35. The van der Waals surface area contributed by atoms with E-state index in [0.717, 1.165) is 66.2 Å². The van der Waals surface area contributed by atoms with Gasteiger partial charge < -0.3 is 9.80 Å². The molecule has 33 heavy (non-hydrogen) atoms. The third kappa shape index (κ3) is 4.63. The molecule has 0 N–H and O–H groups in total. The van der Waals surface area contributed by atoms with Crippen molar-refractivity contribution in [3.05, 3.63) is 82.7 Å². The second-order valence-corrected chi connectivity index (χ2v) is 8.73. The Labute approximate surface area is 202 Å². The number of hydrogen-bond acceptors (Lipinski definition) is 6. The number of aromatic nitrogens is 4. The van der Waals surface area contributed by atoms with Crippen LogP contribution in [0.4, 0.5) is 11.8 Å². The number of aryl methyl sites for hydroxylation is 1. The molecule has 1 aliphatic rings. The van der Waals surface area contributed by atoms with Crippen LogP contribution in [-0.4, -0.2) is 46.1 Å². The van der Waals surface area contributed by atoms with Gasteiger partial charge in [-0.05, 0) is 31.2 Å². The SMILES string of the molecule is Cc1ccnc(N2CCN(c3cnc(-c4ccc(Cl)cc4)c(-c4ccccc4Cl)n3)CC2)n1. The Balaban J connectivity index is 1.46. The highest BCUT2D eigenvalue weighted by Gasteiger charge is 2.22. The molecule has 0 atom stereocenters. The minimum Gasteiger partial charge on any atom is -0.352 e. The summed E-state index contributed by atoms with van der Waals surface area (Å²) in [5.41, 5.74) is 4.29. The Hall–Kier alpha value is -3.22. The smallest absolute Gasteiger partial charge is 0.225 e. The third-order valence-corrected chi connectivity index (χ3v) is 6.26. The van der Waals surface area contributed by atoms with E-state index in [9.17, 15) is 0 Å². The maximum atomic E-state index is 6.56. The van der Waals surface area contributed by atoms with Crippen molar-refractivity contribution in [1.82, 2.24) is 19.9 Å². The quantitative estimate of drug-likeness (QED) is 0.385. The predicted molar refractivity (Wildman–Crippen MR) is 134 cm³/mol. The Morgan fingerprint density at radius 1 is 0.758 bits per heavy atom. The number of piperazine rings is 1. The Kier molecular flexibility index (Phi) is 6.11. The highest BCUT2D eigenvalue weighted by Crippen LogP contribution is 2.35. The molecule has 2 aromatic carbocycles. The molecule has 1 aliphatic heterocycles. The summed E-state index contributed by atoms with van der Waals surface area (Å²) >= 11 is 12.7. The predicted octanol–water partition coefficient (Wildman–Crippen LogP) is 5.54. The van der Waals surface area contributed by atoms with E-state index in [4.69, 9.17) is 33.2 Å². The van der Waals surface area contributed by atoms with E-state index in [-0.39, 0.29) is 0 Å². The second-order valence-electron chi connectivity index (χ2n) is 7.88. The summed E-state index contributed by atoms with van der Waals surface area (Å²) in [5.74, 6) is 1.60. The molecule has 0 bridgehead atoms. The fraction of sp³-hybridized carbons (Fsp3) is 0.200. The normalized spacial score (nSPS) is 13.9. The maximum Gasteiger partial charge on any atom is 0.225 e. The highest BCUT2D eigenvalue weighted by molar-refractivity contribution is 6.33. The Morgan fingerprint density at radius 2 is 1.48 bits per heavy atom. The van der Waals surface area contributed by atoms with Gasteiger partial charge in [0.2, 0.25) is 5.95 Å². The van der Waals surface area contributed by atoms with Crippen molar-refractivity contribution in [3.8, 4) is 22.5 Å². The Morgan fingerprint density at radius 3 is 2.21 bits per heavy atom. The van der Waals surface area contributed by atoms with Crippen LogP contribution in [-0.2, 0) is 0 Å². The van der Waals surface area contributed by atoms with Crippen LogP contribution in [0.2, 0.25) is 10.0 Å². The van der Waals surface area contributed by atoms with Gasteiger partial charge in [-0.1, -0.05) is 53.5 Å². The lowest BCUT2D eigenvalue weighted by atomic mass is 10.0. The van der Waals surface area contributed by atoms with Crippen molar-refractivity contribution in [2.75, 3.05) is 36.0 Å². The zero-order valence-corrected chi connectivity index (χ0v) is 19.6. The molecule has 0 amide bonds. The van der Waals surface area contributed by atoms with Gasteiger partial charge in [0, 0.05) is 54.2 Å². The highest BCUT2D eigenvalue weighted by atomic mass is 35.5. The number of benzene rings is 2. The molecular formula is C25H22Cl2N6. The first-order valence-corrected chi connectivity index (χ1v) is 11.5. The van der Waals surface area contributed by atoms with Gasteiger partial charge >= 0.3 is 0 Å². The van der Waals surface area contributed by atoms with Crippen LogP contribution < -0.4 is 9.80 Å². The van der Waals surface area contributed by atoms with Gasteiger partial charge in [-0.15, -0.1) is 0 Å². The largest absolute Gasteiger partial charge is 0.352 e. The van der Waals surface area contributed by atoms with E-state index in [1.54, 1.807) is 6.20 Å². The molecule has 0 radical (unpaired) electrons. The molecule has 2 aromatic heterocycles. The number of hydrogen-bond donors (Lipinski definition) is 0. The maximum absolute atomic E-state index is 6.56. The minimum absolute atomic E-state index is 0.639. The van der Waals surface area contributed by atoms with Crippen molar-refractivity contribution in [3.63, 3.8) is 0 Å². The van der Waals surface area contributed by atoms with E-state index < -0.39 is 0 Å². The summed E-state index contributed by atoms with van der Waals surface area (Å²) in [5, 5.41) is 1.32. The topological polar surface area (TPSA) is 58.0 Å². The zero-order valence-electron chi connectivity index (χ0n) is 18.1. The van der Waals surface area contributed by atoms with Crippen molar-refractivity contribution in [2.24, 2.45) is 0 Å². The van der Waals surface area contributed by atoms with Gasteiger partial charge in [-0.2, -0.15) is 0 Å². The standard InChI is InChI=1S/C25H22Cl2N6/c1-17-10-11-28-25(30-17)33-14-12-32(13-15-33)22-16-29-23(18-6-8-19(26)9-7-18)24(31-22)20-4-2-3-5-21(20)27/h2-11,16H,12-15H2,1H3. The van der Waals surface area contributed by atoms with Crippen LogP contribution in [0.3, 0.4) is 0 Å². The molecule has 3 heterocycles. The lowest BCUT2D eigenvalue weighted by molar-refractivity contribution is 0.633. The molecule has 1 fully saturated rings. The summed E-state index contributed by atoms with van der Waals surface area (Å²) in [6.45, 7) is 5.20. The molecule has 0 aliphatic carbocycles. The molecular weight excluding hydrogens is 455 g/mol. The molecule has 0 unspecified atom stereocenters. The molecule has 6 nitrogen and oxygen atoms in total. The summed E-state index contributed by atoms with van der Waals surface area (Å²) < 4.78 is 0. The van der Waals surface area contributed by atoms with E-state index in [1.165, 1.54) is 0 Å². The summed E-state index contributed by atoms with van der Waals surface area (Å²) in [7, 11) is 0. The van der Waals surface area contributed by atoms with Crippen LogP contribution >= 0.6 is 23.2 Å². The second kappa shape index (κ2) is 9.33. The molecule has 0 saturated carbocycles. The average Bonchev–Trinajstić information content (AvgIpc) is 2.85. The summed E-state index contributed by atoms with van der Waals surface area (Å²) in [4.78, 5) is 23.3. The van der Waals surface area contributed by atoms with Gasteiger partial charge in [0.15, 0.2) is 0 Å². The number of anilines is 2. The summed E-state index contributed by atoms with van der Waals surface area (Å²) in [6.07, 6.45) is 3.64. The number of halogens is 2. The van der Waals surface area contributed by atoms with E-state index in [1.807, 2.05) is 67.7 Å². The first kappa shape index (κ1) is 21.6. The van der Waals surface area contributed by atoms with Crippen LogP contribution in [0.5, 0.6) is 0 Å². The molecule has 8 heteroatoms. The fourth-order valence-corrected chi connectivity index (χ4v) is 4.27. The first-order chi connectivity index (χ1) is 16.1. The molecule has 0 spiro atoms. The van der Waals surface area contributed by atoms with Gasteiger partial charge in [0.05, 0.1) is 16.9 Å². The minimum atomic E-state index is 0.639.